The Hall–Kier alpha value is -4.22. The molecular weight excluding hydrogens is 543 g/mol. The number of hydrogen-bond donors (Lipinski definition) is 1. The van der Waals surface area contributed by atoms with E-state index in [2.05, 4.69) is 9.97 Å². The Kier molecular flexibility index (Phi) is 6.89. The molecule has 0 bridgehead atoms. The zero-order chi connectivity index (χ0) is 28.9. The molecule has 5 aromatic rings. The number of halogens is 3. The topological polar surface area (TPSA) is 98.2 Å². The van der Waals surface area contributed by atoms with E-state index < -0.39 is 33.9 Å². The molecule has 0 aliphatic carbocycles. The summed E-state index contributed by atoms with van der Waals surface area (Å²) in [4.78, 5) is 8.64. The highest BCUT2D eigenvalue weighted by Crippen LogP contribution is 2.40. The summed E-state index contributed by atoms with van der Waals surface area (Å²) in [6, 6.07) is 10.6. The highest BCUT2D eigenvalue weighted by molar-refractivity contribution is 7.90. The second-order valence-corrected chi connectivity index (χ2v) is 11.4. The first-order valence-electron chi connectivity index (χ1n) is 12.1. The summed E-state index contributed by atoms with van der Waals surface area (Å²) in [5.41, 5.74) is 2.34. The summed E-state index contributed by atoms with van der Waals surface area (Å²) in [6.45, 7) is 4.44. The average molecular weight is 568 g/mol. The van der Waals surface area contributed by atoms with E-state index in [-0.39, 0.29) is 38.9 Å². The molecule has 2 heterocycles. The molecule has 3 aromatic carbocycles. The van der Waals surface area contributed by atoms with Gasteiger partial charge in [-0.1, -0.05) is 6.07 Å². The predicted molar refractivity (Wildman–Crippen MR) is 143 cm³/mol. The number of hydrogen-bond acceptors (Lipinski definition) is 6. The van der Waals surface area contributed by atoms with E-state index in [1.54, 1.807) is 42.8 Å². The molecular formula is C29H24F3N3O4S. The molecule has 0 aliphatic heterocycles. The van der Waals surface area contributed by atoms with Gasteiger partial charge in [-0.25, -0.2) is 31.6 Å². The van der Waals surface area contributed by atoms with E-state index in [1.807, 2.05) is 6.92 Å². The number of aryl methyl sites for hydroxylation is 3. The van der Waals surface area contributed by atoms with Gasteiger partial charge in [0.15, 0.2) is 21.5 Å². The molecule has 0 unspecified atom stereocenters. The van der Waals surface area contributed by atoms with Crippen molar-refractivity contribution in [2.75, 3.05) is 6.26 Å². The lowest BCUT2D eigenvalue weighted by Crippen LogP contribution is -2.06. The van der Waals surface area contributed by atoms with Gasteiger partial charge in [-0.3, -0.25) is 0 Å². The summed E-state index contributed by atoms with van der Waals surface area (Å²) in [5.74, 6) is -1.54. The molecule has 2 aromatic heterocycles. The first-order valence-corrected chi connectivity index (χ1v) is 14.0. The van der Waals surface area contributed by atoms with Gasteiger partial charge in [-0.05, 0) is 61.4 Å². The summed E-state index contributed by atoms with van der Waals surface area (Å²) >= 11 is 0. The fourth-order valence-electron chi connectivity index (χ4n) is 4.71. The summed E-state index contributed by atoms with van der Waals surface area (Å²) in [7, 11) is -3.87. The van der Waals surface area contributed by atoms with Crippen LogP contribution in [0.1, 0.15) is 23.0 Å². The molecule has 0 aliphatic rings. The number of aromatic nitrogens is 3. The van der Waals surface area contributed by atoms with Crippen LogP contribution in [0.5, 0.6) is 0 Å². The van der Waals surface area contributed by atoms with Crippen LogP contribution in [-0.4, -0.2) is 34.3 Å². The van der Waals surface area contributed by atoms with Crippen LogP contribution < -0.4 is 0 Å². The van der Waals surface area contributed by atoms with Crippen molar-refractivity contribution in [1.82, 2.24) is 14.5 Å². The van der Waals surface area contributed by atoms with Gasteiger partial charge < -0.3 is 14.1 Å². The zero-order valence-electron chi connectivity index (χ0n) is 22.0. The number of imidazole rings is 1. The number of aliphatic hydroxyl groups excluding tert-OH is 1. The fourth-order valence-corrected chi connectivity index (χ4v) is 5.66. The standard InChI is InChI=1S/C29H24F3N3O4S/c1-15-13-35(16(2)33-15)26-8-5-18(19-10-24(31)23(14-36)27(11-19)40(4,37)38)9-22(26)28-29(39-17(3)34-28)21-7-6-20(30)12-25(21)32/h5-13,36H,14H2,1-4H3. The van der Waals surface area contributed by atoms with Gasteiger partial charge in [0.05, 0.1) is 28.4 Å². The first kappa shape index (κ1) is 27.4. The van der Waals surface area contributed by atoms with Crippen molar-refractivity contribution in [3.8, 4) is 39.4 Å². The van der Waals surface area contributed by atoms with Gasteiger partial charge >= 0.3 is 0 Å². The third-order valence-corrected chi connectivity index (χ3v) is 7.63. The van der Waals surface area contributed by atoms with Crippen LogP contribution in [0.4, 0.5) is 13.2 Å². The highest BCUT2D eigenvalue weighted by Gasteiger charge is 2.24. The molecule has 1 N–H and O–H groups in total. The van der Waals surface area contributed by atoms with Gasteiger partial charge in [-0.2, -0.15) is 0 Å². The second kappa shape index (κ2) is 10.1. The molecule has 0 radical (unpaired) electrons. The maximum atomic E-state index is 15.0. The highest BCUT2D eigenvalue weighted by atomic mass is 32.2. The van der Waals surface area contributed by atoms with Crippen LogP contribution in [0.25, 0.3) is 39.4 Å². The van der Waals surface area contributed by atoms with Crippen molar-refractivity contribution in [2.45, 2.75) is 32.3 Å². The molecule has 5 rings (SSSR count). The van der Waals surface area contributed by atoms with E-state index in [1.165, 1.54) is 12.1 Å². The van der Waals surface area contributed by atoms with E-state index in [0.29, 0.717) is 22.6 Å². The molecule has 11 heteroatoms. The normalized spacial score (nSPS) is 11.8. The Labute approximate surface area is 228 Å². The minimum absolute atomic E-state index is 0.00964. The molecule has 0 amide bonds. The monoisotopic (exact) mass is 567 g/mol. The summed E-state index contributed by atoms with van der Waals surface area (Å²) < 4.78 is 76.0. The Balaban J connectivity index is 1.81. The third-order valence-electron chi connectivity index (χ3n) is 6.47. The van der Waals surface area contributed by atoms with Crippen molar-refractivity contribution in [2.24, 2.45) is 0 Å². The van der Waals surface area contributed by atoms with Crippen molar-refractivity contribution in [3.05, 3.63) is 95.2 Å². The molecule has 206 valence electrons. The number of rotatable bonds is 6. The Bertz CT molecular complexity index is 1890. The molecule has 0 spiro atoms. The minimum Gasteiger partial charge on any atom is -0.440 e. The lowest BCUT2D eigenvalue weighted by molar-refractivity contribution is 0.272. The van der Waals surface area contributed by atoms with Gasteiger partial charge in [0.25, 0.3) is 0 Å². The van der Waals surface area contributed by atoms with E-state index >= 15 is 0 Å². The first-order chi connectivity index (χ1) is 18.9. The van der Waals surface area contributed by atoms with Crippen LogP contribution in [0.3, 0.4) is 0 Å². The van der Waals surface area contributed by atoms with Crippen LogP contribution >= 0.6 is 0 Å². The maximum absolute atomic E-state index is 15.0. The van der Waals surface area contributed by atoms with Crippen LogP contribution in [0, 0.1) is 38.2 Å². The smallest absolute Gasteiger partial charge is 0.192 e. The van der Waals surface area contributed by atoms with E-state index in [4.69, 9.17) is 4.42 Å². The zero-order valence-corrected chi connectivity index (χ0v) is 22.8. The molecule has 40 heavy (non-hydrogen) atoms. The number of nitrogens with zero attached hydrogens (tertiary/aromatic N) is 3. The number of oxazole rings is 1. The molecule has 0 fully saturated rings. The SMILES string of the molecule is Cc1cn(-c2ccc(-c3cc(F)c(CO)c(S(C)(=O)=O)c3)cc2-c2nc(C)oc2-c2ccc(F)cc2F)c(C)n1. The number of sulfone groups is 1. The van der Waals surface area contributed by atoms with Crippen LogP contribution in [-0.2, 0) is 16.4 Å². The lowest BCUT2D eigenvalue weighted by Gasteiger charge is -2.15. The third kappa shape index (κ3) is 4.93. The van der Waals surface area contributed by atoms with Crippen molar-refractivity contribution in [3.63, 3.8) is 0 Å². The molecule has 7 nitrogen and oxygen atoms in total. The van der Waals surface area contributed by atoms with Gasteiger partial charge in [0.2, 0.25) is 0 Å². The molecule has 0 saturated carbocycles. The largest absolute Gasteiger partial charge is 0.440 e. The van der Waals surface area contributed by atoms with Crippen molar-refractivity contribution in [1.29, 1.82) is 0 Å². The van der Waals surface area contributed by atoms with E-state index in [9.17, 15) is 26.7 Å². The minimum atomic E-state index is -3.87. The molecule has 0 atom stereocenters. The van der Waals surface area contributed by atoms with E-state index in [0.717, 1.165) is 30.1 Å². The quantitative estimate of drug-likeness (QED) is 0.266. The number of aliphatic hydroxyl groups is 1. The number of benzene rings is 3. The maximum Gasteiger partial charge on any atom is 0.192 e. The predicted octanol–water partition coefficient (Wildman–Crippen LogP) is 6.10. The fraction of sp³-hybridized carbons (Fsp3) is 0.172. The Morgan fingerprint density at radius 1 is 0.900 bits per heavy atom. The Morgan fingerprint density at radius 2 is 1.65 bits per heavy atom. The summed E-state index contributed by atoms with van der Waals surface area (Å²) in [6.07, 6.45) is 2.74. The van der Waals surface area contributed by atoms with Crippen LogP contribution in [0.2, 0.25) is 0 Å². The lowest BCUT2D eigenvalue weighted by atomic mass is 9.97. The van der Waals surface area contributed by atoms with Crippen molar-refractivity contribution < 1.29 is 31.1 Å². The van der Waals surface area contributed by atoms with Gasteiger partial charge in [0.1, 0.15) is 29.0 Å². The average Bonchev–Trinajstić information content (AvgIpc) is 3.43. The molecule has 0 saturated heterocycles. The van der Waals surface area contributed by atoms with Crippen LogP contribution in [0.15, 0.2) is 64.0 Å². The summed E-state index contributed by atoms with van der Waals surface area (Å²) in [5, 5.41) is 9.60. The van der Waals surface area contributed by atoms with Crippen molar-refractivity contribution >= 4 is 9.84 Å². The van der Waals surface area contributed by atoms with Gasteiger partial charge in [0, 0.05) is 36.6 Å². The van der Waals surface area contributed by atoms with Gasteiger partial charge in [-0.15, -0.1) is 0 Å². The second-order valence-electron chi connectivity index (χ2n) is 9.43. The Morgan fingerprint density at radius 3 is 2.27 bits per heavy atom.